The molecule has 0 atom stereocenters. The molecule has 1 aromatic rings. The Labute approximate surface area is 91.5 Å². The topological polar surface area (TPSA) is 43.1 Å². The highest BCUT2D eigenvalue weighted by Gasteiger charge is 2.29. The summed E-state index contributed by atoms with van der Waals surface area (Å²) < 4.78 is 0. The van der Waals surface area contributed by atoms with E-state index >= 15 is 0 Å². The number of Topliss-reactive ketones (excluding diaryl/α,β-unsaturated/α-hetero) is 1. The molecule has 15 heavy (non-hydrogen) atoms. The van der Waals surface area contributed by atoms with Crippen LogP contribution in [0.25, 0.3) is 0 Å². The summed E-state index contributed by atoms with van der Waals surface area (Å²) in [6.45, 7) is 3.93. The van der Waals surface area contributed by atoms with Crippen LogP contribution in [-0.4, -0.2) is 11.3 Å². The highest BCUT2D eigenvalue weighted by Crippen LogP contribution is 2.15. The van der Waals surface area contributed by atoms with Gasteiger partial charge in [0.05, 0.1) is 5.54 Å². The average molecular weight is 205 g/mol. The zero-order chi connectivity index (χ0) is 11.3. The molecular formula is C13H19NO. The summed E-state index contributed by atoms with van der Waals surface area (Å²) >= 11 is 0. The Morgan fingerprint density at radius 3 is 2.20 bits per heavy atom. The van der Waals surface area contributed by atoms with E-state index < -0.39 is 5.54 Å². The van der Waals surface area contributed by atoms with Gasteiger partial charge in [-0.1, -0.05) is 44.2 Å². The Morgan fingerprint density at radius 2 is 1.73 bits per heavy atom. The summed E-state index contributed by atoms with van der Waals surface area (Å²) in [5, 5.41) is 0. The van der Waals surface area contributed by atoms with E-state index in [9.17, 15) is 4.79 Å². The van der Waals surface area contributed by atoms with Gasteiger partial charge in [0.15, 0.2) is 5.78 Å². The maximum Gasteiger partial charge on any atom is 0.156 e. The monoisotopic (exact) mass is 205 g/mol. The Bertz CT molecular complexity index is 315. The lowest BCUT2D eigenvalue weighted by molar-refractivity contribution is -0.123. The van der Waals surface area contributed by atoms with E-state index in [2.05, 4.69) is 0 Å². The predicted octanol–water partition coefficient (Wildman–Crippen LogP) is 2.32. The lowest BCUT2D eigenvalue weighted by atomic mass is 9.86. The van der Waals surface area contributed by atoms with Gasteiger partial charge in [0.2, 0.25) is 0 Å². The van der Waals surface area contributed by atoms with Crippen molar-refractivity contribution in [2.24, 2.45) is 5.73 Å². The fraction of sp³-hybridized carbons (Fsp3) is 0.462. The van der Waals surface area contributed by atoms with Crippen molar-refractivity contribution in [1.29, 1.82) is 0 Å². The third-order valence-electron chi connectivity index (χ3n) is 3.02. The van der Waals surface area contributed by atoms with Gasteiger partial charge in [0.25, 0.3) is 0 Å². The van der Waals surface area contributed by atoms with Crippen molar-refractivity contribution in [2.45, 2.75) is 38.6 Å². The summed E-state index contributed by atoms with van der Waals surface area (Å²) in [5.41, 5.74) is 6.44. The molecule has 1 rings (SSSR count). The third kappa shape index (κ3) is 2.90. The minimum absolute atomic E-state index is 0.138. The highest BCUT2D eigenvalue weighted by molar-refractivity contribution is 5.89. The summed E-state index contributed by atoms with van der Waals surface area (Å²) in [6, 6.07) is 9.76. The van der Waals surface area contributed by atoms with Gasteiger partial charge in [-0.3, -0.25) is 4.79 Å². The number of hydrogen-bond acceptors (Lipinski definition) is 2. The molecule has 0 bridgehead atoms. The Hall–Kier alpha value is -1.15. The molecule has 0 saturated carbocycles. The van der Waals surface area contributed by atoms with Crippen molar-refractivity contribution in [2.75, 3.05) is 0 Å². The molecule has 0 fully saturated rings. The lowest BCUT2D eigenvalue weighted by Crippen LogP contribution is -2.47. The number of nitrogens with two attached hydrogens (primary N) is 1. The molecule has 0 heterocycles. The number of benzene rings is 1. The number of carbonyl (C=O) groups is 1. The van der Waals surface area contributed by atoms with E-state index in [4.69, 9.17) is 5.73 Å². The second-order valence-corrected chi connectivity index (χ2v) is 3.95. The summed E-state index contributed by atoms with van der Waals surface area (Å²) in [5.74, 6) is 0.138. The maximum absolute atomic E-state index is 12.0. The number of hydrogen-bond donors (Lipinski definition) is 1. The van der Waals surface area contributed by atoms with Crippen molar-refractivity contribution >= 4 is 5.78 Å². The van der Waals surface area contributed by atoms with Crippen molar-refractivity contribution in [3.63, 3.8) is 0 Å². The van der Waals surface area contributed by atoms with E-state index in [1.165, 1.54) is 0 Å². The highest BCUT2D eigenvalue weighted by atomic mass is 16.1. The molecule has 0 radical (unpaired) electrons. The van der Waals surface area contributed by atoms with Crippen LogP contribution in [0.15, 0.2) is 30.3 Å². The van der Waals surface area contributed by atoms with E-state index in [0.717, 1.165) is 5.56 Å². The number of ketones is 1. The molecule has 0 aromatic heterocycles. The first-order valence-electron chi connectivity index (χ1n) is 5.48. The average Bonchev–Trinajstić information content (AvgIpc) is 2.29. The van der Waals surface area contributed by atoms with Crippen LogP contribution in [-0.2, 0) is 11.2 Å². The molecule has 0 aliphatic rings. The molecular weight excluding hydrogens is 186 g/mol. The van der Waals surface area contributed by atoms with Crippen LogP contribution in [0.2, 0.25) is 0 Å². The van der Waals surface area contributed by atoms with Crippen molar-refractivity contribution in [1.82, 2.24) is 0 Å². The van der Waals surface area contributed by atoms with Gasteiger partial charge in [-0.05, 0) is 18.4 Å². The van der Waals surface area contributed by atoms with Crippen LogP contribution in [0.4, 0.5) is 0 Å². The third-order valence-corrected chi connectivity index (χ3v) is 3.02. The van der Waals surface area contributed by atoms with E-state index in [1.54, 1.807) is 0 Å². The molecule has 0 aliphatic heterocycles. The molecule has 2 heteroatoms. The SMILES string of the molecule is CCC(N)(CC)C(=O)Cc1ccccc1. The Kier molecular flexibility index (Phi) is 4.04. The molecule has 82 valence electrons. The first kappa shape index (κ1) is 11.9. The van der Waals surface area contributed by atoms with Gasteiger partial charge < -0.3 is 5.73 Å². The number of carbonyl (C=O) groups excluding carboxylic acids is 1. The number of rotatable bonds is 5. The van der Waals surface area contributed by atoms with Gasteiger partial charge >= 0.3 is 0 Å². The molecule has 0 saturated heterocycles. The van der Waals surface area contributed by atoms with Crippen LogP contribution in [0, 0.1) is 0 Å². The van der Waals surface area contributed by atoms with Gasteiger partial charge in [-0.15, -0.1) is 0 Å². The normalized spacial score (nSPS) is 11.4. The van der Waals surface area contributed by atoms with Crippen LogP contribution in [0.1, 0.15) is 32.3 Å². The first-order valence-corrected chi connectivity index (χ1v) is 5.48. The quantitative estimate of drug-likeness (QED) is 0.801. The van der Waals surface area contributed by atoms with Gasteiger partial charge in [0, 0.05) is 6.42 Å². The van der Waals surface area contributed by atoms with E-state index in [-0.39, 0.29) is 5.78 Å². The zero-order valence-electron chi connectivity index (χ0n) is 9.49. The summed E-state index contributed by atoms with van der Waals surface area (Å²) in [6.07, 6.45) is 1.85. The molecule has 0 unspecified atom stereocenters. The fourth-order valence-electron chi connectivity index (χ4n) is 1.60. The molecule has 0 aliphatic carbocycles. The van der Waals surface area contributed by atoms with Crippen LogP contribution < -0.4 is 5.73 Å². The molecule has 0 amide bonds. The maximum atomic E-state index is 12.0. The van der Waals surface area contributed by atoms with Gasteiger partial charge in [0.1, 0.15) is 0 Å². The predicted molar refractivity (Wildman–Crippen MR) is 62.7 cm³/mol. The van der Waals surface area contributed by atoms with Crippen LogP contribution in [0.3, 0.4) is 0 Å². The van der Waals surface area contributed by atoms with Crippen LogP contribution in [0.5, 0.6) is 0 Å². The van der Waals surface area contributed by atoms with Crippen molar-refractivity contribution in [3.05, 3.63) is 35.9 Å². The minimum Gasteiger partial charge on any atom is -0.319 e. The fourth-order valence-corrected chi connectivity index (χ4v) is 1.60. The van der Waals surface area contributed by atoms with E-state index in [0.29, 0.717) is 19.3 Å². The molecule has 0 spiro atoms. The molecule has 2 N–H and O–H groups in total. The van der Waals surface area contributed by atoms with E-state index in [1.807, 2.05) is 44.2 Å². The first-order chi connectivity index (χ1) is 7.12. The Balaban J connectivity index is 2.71. The second-order valence-electron chi connectivity index (χ2n) is 3.95. The van der Waals surface area contributed by atoms with Crippen molar-refractivity contribution < 1.29 is 4.79 Å². The Morgan fingerprint density at radius 1 is 1.20 bits per heavy atom. The van der Waals surface area contributed by atoms with Crippen LogP contribution >= 0.6 is 0 Å². The molecule has 2 nitrogen and oxygen atoms in total. The van der Waals surface area contributed by atoms with Gasteiger partial charge in [-0.2, -0.15) is 0 Å². The smallest absolute Gasteiger partial charge is 0.156 e. The molecule has 1 aromatic carbocycles. The van der Waals surface area contributed by atoms with Crippen molar-refractivity contribution in [3.8, 4) is 0 Å². The summed E-state index contributed by atoms with van der Waals surface area (Å²) in [7, 11) is 0. The van der Waals surface area contributed by atoms with Gasteiger partial charge in [-0.25, -0.2) is 0 Å². The largest absolute Gasteiger partial charge is 0.319 e. The second kappa shape index (κ2) is 5.08. The lowest BCUT2D eigenvalue weighted by Gasteiger charge is -2.24. The minimum atomic E-state index is -0.643. The standard InChI is InChI=1S/C13H19NO/c1-3-13(14,4-2)12(15)10-11-8-6-5-7-9-11/h5-9H,3-4,10,14H2,1-2H3. The zero-order valence-corrected chi connectivity index (χ0v) is 9.49. The summed E-state index contributed by atoms with van der Waals surface area (Å²) in [4.78, 5) is 12.0.